The predicted molar refractivity (Wildman–Crippen MR) is 120 cm³/mol. The van der Waals surface area contributed by atoms with Crippen molar-refractivity contribution in [3.05, 3.63) is 83.1 Å². The number of nitrogens with zero attached hydrogens (tertiary/aromatic N) is 4. The maximum absolute atomic E-state index is 14.4. The normalized spacial score (nSPS) is 13.6. The second-order valence-corrected chi connectivity index (χ2v) is 9.01. The van der Waals surface area contributed by atoms with E-state index in [9.17, 15) is 9.18 Å². The third kappa shape index (κ3) is 3.90. The van der Waals surface area contributed by atoms with Crippen LogP contribution in [0, 0.1) is 19.7 Å². The standard InChI is InChI=1S/C24H23FN4O2S/c1-15-12-19(16(2)29(15)21-8-4-3-7-20(21)25)22(30)14-32-24-27-26-23(17-9-10-17)28(24)13-18-6-5-11-31-18/h3-8,11-12,17H,9-10,13-14H2,1-2H3. The van der Waals surface area contributed by atoms with Crippen LogP contribution in [0.4, 0.5) is 4.39 Å². The Balaban J connectivity index is 1.37. The molecule has 1 aromatic carbocycles. The number of aryl methyl sites for hydroxylation is 1. The van der Waals surface area contributed by atoms with Gasteiger partial charge in [0.25, 0.3) is 0 Å². The van der Waals surface area contributed by atoms with Gasteiger partial charge in [-0.05, 0) is 57.0 Å². The molecule has 0 unspecified atom stereocenters. The molecule has 4 aromatic rings. The lowest BCUT2D eigenvalue weighted by molar-refractivity contribution is 0.102. The molecule has 8 heteroatoms. The number of hydrogen-bond acceptors (Lipinski definition) is 5. The van der Waals surface area contributed by atoms with E-state index in [2.05, 4.69) is 14.8 Å². The van der Waals surface area contributed by atoms with Crippen LogP contribution in [-0.4, -0.2) is 30.9 Å². The molecule has 164 valence electrons. The van der Waals surface area contributed by atoms with Gasteiger partial charge in [0.2, 0.25) is 0 Å². The van der Waals surface area contributed by atoms with Gasteiger partial charge < -0.3 is 8.98 Å². The zero-order chi connectivity index (χ0) is 22.2. The van der Waals surface area contributed by atoms with E-state index >= 15 is 0 Å². The molecule has 0 atom stereocenters. The number of carbonyl (C=O) groups is 1. The Kier molecular flexibility index (Phi) is 5.46. The van der Waals surface area contributed by atoms with Gasteiger partial charge in [-0.3, -0.25) is 9.36 Å². The summed E-state index contributed by atoms with van der Waals surface area (Å²) >= 11 is 1.38. The molecule has 1 aliphatic rings. The summed E-state index contributed by atoms with van der Waals surface area (Å²) in [5, 5.41) is 9.45. The molecule has 0 N–H and O–H groups in total. The molecule has 1 fully saturated rings. The molecular formula is C24H23FN4O2S. The van der Waals surface area contributed by atoms with Gasteiger partial charge in [0.05, 0.1) is 24.2 Å². The Bertz CT molecular complexity index is 1270. The average molecular weight is 451 g/mol. The number of hydrogen-bond donors (Lipinski definition) is 0. The summed E-state index contributed by atoms with van der Waals surface area (Å²) in [6.07, 6.45) is 3.88. The van der Waals surface area contributed by atoms with Crippen LogP contribution < -0.4 is 0 Å². The number of benzene rings is 1. The first-order valence-electron chi connectivity index (χ1n) is 10.6. The number of ketones is 1. The Labute approximate surface area is 189 Å². The molecule has 1 aliphatic carbocycles. The third-order valence-corrected chi connectivity index (χ3v) is 6.71. The van der Waals surface area contributed by atoms with E-state index in [4.69, 9.17) is 4.42 Å². The predicted octanol–water partition coefficient (Wildman–Crippen LogP) is 5.32. The number of thioether (sulfide) groups is 1. The van der Waals surface area contributed by atoms with Gasteiger partial charge in [-0.25, -0.2) is 4.39 Å². The monoisotopic (exact) mass is 450 g/mol. The first kappa shape index (κ1) is 20.8. The van der Waals surface area contributed by atoms with Crippen LogP contribution in [0.1, 0.15) is 52.1 Å². The molecule has 3 heterocycles. The topological polar surface area (TPSA) is 65.8 Å². The molecule has 5 rings (SSSR count). The number of carbonyl (C=O) groups excluding carboxylic acids is 1. The van der Waals surface area contributed by atoms with Crippen LogP contribution in [0.2, 0.25) is 0 Å². The minimum absolute atomic E-state index is 0.0220. The highest BCUT2D eigenvalue weighted by Crippen LogP contribution is 2.40. The van der Waals surface area contributed by atoms with E-state index in [0.717, 1.165) is 35.8 Å². The van der Waals surface area contributed by atoms with E-state index in [-0.39, 0.29) is 17.4 Å². The van der Waals surface area contributed by atoms with Crippen LogP contribution in [0.25, 0.3) is 5.69 Å². The number of halogens is 1. The minimum atomic E-state index is -0.318. The SMILES string of the molecule is Cc1cc(C(=O)CSc2nnc(C3CC3)n2Cc2ccco2)c(C)n1-c1ccccc1F. The molecule has 0 amide bonds. The van der Waals surface area contributed by atoms with Gasteiger partial charge in [-0.1, -0.05) is 23.9 Å². The third-order valence-electron chi connectivity index (χ3n) is 5.74. The molecule has 0 aliphatic heterocycles. The van der Waals surface area contributed by atoms with Crippen molar-refractivity contribution in [1.82, 2.24) is 19.3 Å². The fourth-order valence-electron chi connectivity index (χ4n) is 4.01. The van der Waals surface area contributed by atoms with Gasteiger partial charge in [0, 0.05) is 22.9 Å². The Morgan fingerprint density at radius 2 is 2.00 bits per heavy atom. The molecule has 0 saturated heterocycles. The van der Waals surface area contributed by atoms with Crippen LogP contribution in [-0.2, 0) is 6.54 Å². The second-order valence-electron chi connectivity index (χ2n) is 8.06. The van der Waals surface area contributed by atoms with Crippen molar-refractivity contribution in [2.45, 2.75) is 44.3 Å². The number of para-hydroxylation sites is 1. The molecule has 6 nitrogen and oxygen atoms in total. The maximum atomic E-state index is 14.4. The molecule has 0 bridgehead atoms. The average Bonchev–Trinajstić information content (AvgIpc) is 3.21. The highest BCUT2D eigenvalue weighted by Gasteiger charge is 2.31. The molecular weight excluding hydrogens is 427 g/mol. The van der Waals surface area contributed by atoms with Crippen molar-refractivity contribution in [1.29, 1.82) is 0 Å². The summed E-state index contributed by atoms with van der Waals surface area (Å²) in [6.45, 7) is 4.28. The van der Waals surface area contributed by atoms with Gasteiger partial charge in [0.1, 0.15) is 17.4 Å². The van der Waals surface area contributed by atoms with Gasteiger partial charge in [-0.2, -0.15) is 0 Å². The van der Waals surface area contributed by atoms with Crippen molar-refractivity contribution in [2.24, 2.45) is 0 Å². The number of furan rings is 1. The van der Waals surface area contributed by atoms with Crippen molar-refractivity contribution in [3.8, 4) is 5.69 Å². The molecule has 0 spiro atoms. The quantitative estimate of drug-likeness (QED) is 0.269. The highest BCUT2D eigenvalue weighted by atomic mass is 32.2. The second kappa shape index (κ2) is 8.43. The summed E-state index contributed by atoms with van der Waals surface area (Å²) in [4.78, 5) is 13.1. The number of Topliss-reactive ketones (excluding diaryl/α,β-unsaturated/α-hetero) is 1. The summed E-state index contributed by atoms with van der Waals surface area (Å²) in [6, 6.07) is 12.2. The fourth-order valence-corrected chi connectivity index (χ4v) is 4.84. The zero-order valence-electron chi connectivity index (χ0n) is 17.9. The van der Waals surface area contributed by atoms with Crippen molar-refractivity contribution >= 4 is 17.5 Å². The summed E-state index contributed by atoms with van der Waals surface area (Å²) in [7, 11) is 0. The van der Waals surface area contributed by atoms with Crippen molar-refractivity contribution in [3.63, 3.8) is 0 Å². The first-order valence-corrected chi connectivity index (χ1v) is 11.6. The first-order chi connectivity index (χ1) is 15.5. The highest BCUT2D eigenvalue weighted by molar-refractivity contribution is 7.99. The molecule has 3 aromatic heterocycles. The fraction of sp³-hybridized carbons (Fsp3) is 0.292. The Hall–Kier alpha value is -3.13. The minimum Gasteiger partial charge on any atom is -0.467 e. The zero-order valence-corrected chi connectivity index (χ0v) is 18.7. The van der Waals surface area contributed by atoms with E-state index in [1.54, 1.807) is 29.0 Å². The lowest BCUT2D eigenvalue weighted by Gasteiger charge is -2.11. The molecule has 0 radical (unpaired) electrons. The van der Waals surface area contributed by atoms with E-state index in [0.29, 0.717) is 28.9 Å². The van der Waals surface area contributed by atoms with Crippen LogP contribution in [0.15, 0.2) is 58.3 Å². The Morgan fingerprint density at radius 1 is 1.19 bits per heavy atom. The molecule has 32 heavy (non-hydrogen) atoms. The number of rotatable bonds is 8. The van der Waals surface area contributed by atoms with Crippen molar-refractivity contribution < 1.29 is 13.6 Å². The van der Waals surface area contributed by atoms with Crippen LogP contribution in [0.5, 0.6) is 0 Å². The van der Waals surface area contributed by atoms with Gasteiger partial charge in [-0.15, -0.1) is 10.2 Å². The summed E-state index contributed by atoms with van der Waals surface area (Å²) < 4.78 is 23.7. The van der Waals surface area contributed by atoms with Crippen LogP contribution >= 0.6 is 11.8 Å². The molecule has 1 saturated carbocycles. The summed E-state index contributed by atoms with van der Waals surface area (Å²) in [5.74, 6) is 2.10. The number of aromatic nitrogens is 4. The van der Waals surface area contributed by atoms with Gasteiger partial charge >= 0.3 is 0 Å². The summed E-state index contributed by atoms with van der Waals surface area (Å²) in [5.41, 5.74) is 2.59. The lowest BCUT2D eigenvalue weighted by atomic mass is 10.2. The largest absolute Gasteiger partial charge is 0.467 e. The van der Waals surface area contributed by atoms with E-state index < -0.39 is 0 Å². The van der Waals surface area contributed by atoms with E-state index in [1.165, 1.54) is 17.8 Å². The van der Waals surface area contributed by atoms with Crippen molar-refractivity contribution in [2.75, 3.05) is 5.75 Å². The Morgan fingerprint density at radius 3 is 2.72 bits per heavy atom. The van der Waals surface area contributed by atoms with E-state index in [1.807, 2.05) is 32.0 Å². The smallest absolute Gasteiger partial charge is 0.192 e. The van der Waals surface area contributed by atoms with Crippen LogP contribution in [0.3, 0.4) is 0 Å². The van der Waals surface area contributed by atoms with Gasteiger partial charge in [0.15, 0.2) is 10.9 Å². The lowest BCUT2D eigenvalue weighted by Crippen LogP contribution is -2.09. The maximum Gasteiger partial charge on any atom is 0.192 e.